The third-order valence-corrected chi connectivity index (χ3v) is 6.64. The Hall–Kier alpha value is -2.16. The van der Waals surface area contributed by atoms with Gasteiger partial charge in [-0.2, -0.15) is 0 Å². The fraction of sp³-hybridized carbons (Fsp3) is 0.360. The van der Waals surface area contributed by atoms with Crippen molar-refractivity contribution in [3.05, 3.63) is 70.4 Å². The van der Waals surface area contributed by atoms with Crippen molar-refractivity contribution in [3.8, 4) is 11.3 Å². The first kappa shape index (κ1) is 24.0. The maximum atomic E-state index is 10.5. The lowest BCUT2D eigenvalue weighted by Gasteiger charge is -2.27. The van der Waals surface area contributed by atoms with Crippen molar-refractivity contribution in [2.24, 2.45) is 0 Å². The van der Waals surface area contributed by atoms with E-state index >= 15 is 0 Å². The summed E-state index contributed by atoms with van der Waals surface area (Å²) in [6.07, 6.45) is 0. The molecule has 0 radical (unpaired) electrons. The molecule has 1 aromatic heterocycles. The summed E-state index contributed by atoms with van der Waals surface area (Å²) in [5.74, 6) is 0.477. The largest absolute Gasteiger partial charge is 0.388 e. The first-order valence-corrected chi connectivity index (χ1v) is 12.3. The van der Waals surface area contributed by atoms with Gasteiger partial charge in [0.2, 0.25) is 5.95 Å². The van der Waals surface area contributed by atoms with Gasteiger partial charge in [0.25, 0.3) is 0 Å². The lowest BCUT2D eigenvalue weighted by Crippen LogP contribution is -2.43. The van der Waals surface area contributed by atoms with Gasteiger partial charge in [-0.25, -0.2) is 9.97 Å². The van der Waals surface area contributed by atoms with E-state index in [0.29, 0.717) is 24.2 Å². The lowest BCUT2D eigenvalue weighted by molar-refractivity contribution is 0.0321. The number of β-amino-alcohol motifs (C(OH)–C–C–N with tert-alkyl or cyclic N) is 1. The number of aromatic nitrogens is 2. The third kappa shape index (κ3) is 6.46. The van der Waals surface area contributed by atoms with Gasteiger partial charge in [0, 0.05) is 49.2 Å². The zero-order chi connectivity index (χ0) is 23.4. The van der Waals surface area contributed by atoms with Crippen LogP contribution in [0.25, 0.3) is 11.3 Å². The zero-order valence-electron chi connectivity index (χ0n) is 19.2. The molecule has 0 aliphatic carbocycles. The summed E-state index contributed by atoms with van der Waals surface area (Å²) >= 11 is 7.79. The van der Waals surface area contributed by atoms with Crippen LogP contribution in [-0.4, -0.2) is 51.8 Å². The van der Waals surface area contributed by atoms with Gasteiger partial charge in [-0.05, 0) is 61.5 Å². The van der Waals surface area contributed by atoms with Crippen LogP contribution in [0.15, 0.2) is 53.4 Å². The molecule has 2 heterocycles. The van der Waals surface area contributed by atoms with Crippen molar-refractivity contribution in [3.63, 3.8) is 0 Å². The molecule has 0 bridgehead atoms. The molecule has 1 aliphatic heterocycles. The molecule has 8 heteroatoms. The minimum Gasteiger partial charge on any atom is -0.388 e. The second kappa shape index (κ2) is 10.4. The normalized spacial score (nSPS) is 19.3. The Morgan fingerprint density at radius 3 is 2.70 bits per heavy atom. The molecule has 3 N–H and O–H groups in total. The third-order valence-electron chi connectivity index (χ3n) is 5.67. The molecule has 6 nitrogen and oxygen atoms in total. The number of nitrogens with one attached hydrogen (secondary N) is 2. The van der Waals surface area contributed by atoms with Gasteiger partial charge >= 0.3 is 0 Å². The average Bonchev–Trinajstić information content (AvgIpc) is 2.92. The number of benzene rings is 2. The van der Waals surface area contributed by atoms with E-state index in [1.807, 2.05) is 13.0 Å². The second-order valence-electron chi connectivity index (χ2n) is 8.90. The number of anilines is 1. The summed E-state index contributed by atoms with van der Waals surface area (Å²) in [5.41, 5.74) is 4.67. The van der Waals surface area contributed by atoms with Gasteiger partial charge in [0.15, 0.2) is 0 Å². The number of hydrogen-bond acceptors (Lipinski definition) is 7. The second-order valence-corrected chi connectivity index (χ2v) is 10.2. The SMILES string of the molecule is Cc1cccc(C)c1-c1cc(Cl)nc(NSc2cccc(CN3CCNCC(C)(O)C3)c2)n1. The molecule has 1 saturated heterocycles. The molecule has 0 saturated carbocycles. The number of aliphatic hydroxyl groups is 1. The smallest absolute Gasteiger partial charge is 0.235 e. The zero-order valence-corrected chi connectivity index (χ0v) is 20.8. The molecule has 0 amide bonds. The van der Waals surface area contributed by atoms with E-state index in [4.69, 9.17) is 16.6 Å². The van der Waals surface area contributed by atoms with E-state index in [1.54, 1.807) is 6.07 Å². The summed E-state index contributed by atoms with van der Waals surface area (Å²) in [6.45, 7) is 9.86. The minimum atomic E-state index is -0.721. The number of aryl methyl sites for hydroxylation is 2. The number of nitrogens with zero attached hydrogens (tertiary/aromatic N) is 3. The van der Waals surface area contributed by atoms with E-state index in [1.165, 1.54) is 17.5 Å². The number of halogens is 1. The van der Waals surface area contributed by atoms with Crippen molar-refractivity contribution in [1.29, 1.82) is 0 Å². The van der Waals surface area contributed by atoms with Crippen molar-refractivity contribution in [1.82, 2.24) is 20.2 Å². The Morgan fingerprint density at radius 2 is 1.91 bits per heavy atom. The summed E-state index contributed by atoms with van der Waals surface area (Å²) in [6, 6.07) is 16.4. The van der Waals surface area contributed by atoms with Crippen LogP contribution in [0.4, 0.5) is 5.95 Å². The van der Waals surface area contributed by atoms with E-state index < -0.39 is 5.60 Å². The van der Waals surface area contributed by atoms with Crippen LogP contribution in [0.1, 0.15) is 23.6 Å². The van der Waals surface area contributed by atoms with Gasteiger partial charge in [0.05, 0.1) is 11.3 Å². The van der Waals surface area contributed by atoms with Crippen LogP contribution < -0.4 is 10.0 Å². The standard InChI is InChI=1S/C25H30ClN5OS/c1-17-6-4-7-18(2)23(17)21-13-22(26)29-24(28-21)30-33-20-9-5-8-19(12-20)14-31-11-10-27-15-25(3,32)16-31/h4-9,12-13,27,32H,10-11,14-16H2,1-3H3,(H,28,29,30). The monoisotopic (exact) mass is 483 g/mol. The predicted molar refractivity (Wildman–Crippen MR) is 137 cm³/mol. The highest BCUT2D eigenvalue weighted by atomic mass is 35.5. The molecular weight excluding hydrogens is 454 g/mol. The fourth-order valence-electron chi connectivity index (χ4n) is 4.23. The summed E-state index contributed by atoms with van der Waals surface area (Å²) < 4.78 is 3.25. The Morgan fingerprint density at radius 1 is 1.15 bits per heavy atom. The van der Waals surface area contributed by atoms with Crippen LogP contribution in [0.3, 0.4) is 0 Å². The molecule has 33 heavy (non-hydrogen) atoms. The Labute approximate surface area is 204 Å². The lowest BCUT2D eigenvalue weighted by atomic mass is 10.00. The molecule has 3 aromatic rings. The Bertz CT molecular complexity index is 1100. The van der Waals surface area contributed by atoms with Crippen LogP contribution >= 0.6 is 23.5 Å². The Balaban J connectivity index is 1.46. The van der Waals surface area contributed by atoms with E-state index in [-0.39, 0.29) is 0 Å². The molecule has 2 aromatic carbocycles. The molecule has 0 spiro atoms. The van der Waals surface area contributed by atoms with Gasteiger partial charge < -0.3 is 10.4 Å². The number of hydrogen-bond donors (Lipinski definition) is 3. The van der Waals surface area contributed by atoms with Crippen LogP contribution in [0, 0.1) is 13.8 Å². The van der Waals surface area contributed by atoms with Crippen molar-refractivity contribution in [2.75, 3.05) is 30.9 Å². The minimum absolute atomic E-state index is 0.404. The molecule has 1 atom stereocenters. The predicted octanol–water partition coefficient (Wildman–Crippen LogP) is 4.69. The van der Waals surface area contributed by atoms with E-state index in [2.05, 4.69) is 70.2 Å². The summed E-state index contributed by atoms with van der Waals surface area (Å²) in [4.78, 5) is 12.4. The Kier molecular flexibility index (Phi) is 7.56. The van der Waals surface area contributed by atoms with E-state index in [0.717, 1.165) is 46.9 Å². The average molecular weight is 484 g/mol. The van der Waals surface area contributed by atoms with Gasteiger partial charge in [-0.3, -0.25) is 9.62 Å². The van der Waals surface area contributed by atoms with E-state index in [9.17, 15) is 5.11 Å². The maximum absolute atomic E-state index is 10.5. The molecule has 174 valence electrons. The highest BCUT2D eigenvalue weighted by Gasteiger charge is 2.26. The van der Waals surface area contributed by atoms with Crippen LogP contribution in [0.5, 0.6) is 0 Å². The molecule has 1 aliphatic rings. The number of rotatable bonds is 6. The molecule has 4 rings (SSSR count). The molecule has 1 fully saturated rings. The van der Waals surface area contributed by atoms with Gasteiger partial charge in [0.1, 0.15) is 5.15 Å². The topological polar surface area (TPSA) is 73.3 Å². The summed E-state index contributed by atoms with van der Waals surface area (Å²) in [5, 5.41) is 14.2. The molecular formula is C25H30ClN5OS. The first-order valence-electron chi connectivity index (χ1n) is 11.1. The van der Waals surface area contributed by atoms with Gasteiger partial charge in [-0.15, -0.1) is 0 Å². The summed E-state index contributed by atoms with van der Waals surface area (Å²) in [7, 11) is 0. The van der Waals surface area contributed by atoms with Gasteiger partial charge in [-0.1, -0.05) is 41.9 Å². The highest BCUT2D eigenvalue weighted by molar-refractivity contribution is 8.00. The fourth-order valence-corrected chi connectivity index (χ4v) is 5.07. The van der Waals surface area contributed by atoms with Crippen molar-refractivity contribution < 1.29 is 5.11 Å². The van der Waals surface area contributed by atoms with Crippen LogP contribution in [-0.2, 0) is 6.54 Å². The maximum Gasteiger partial charge on any atom is 0.235 e. The first-order chi connectivity index (χ1) is 15.8. The van der Waals surface area contributed by atoms with Crippen molar-refractivity contribution >= 4 is 29.5 Å². The van der Waals surface area contributed by atoms with Crippen LogP contribution in [0.2, 0.25) is 5.15 Å². The molecule has 1 unspecified atom stereocenters. The highest BCUT2D eigenvalue weighted by Crippen LogP contribution is 2.29. The quantitative estimate of drug-likeness (QED) is 0.347. The van der Waals surface area contributed by atoms with Crippen molar-refractivity contribution in [2.45, 2.75) is 37.8 Å².